The number of hydrogen-bond acceptors (Lipinski definition) is 5. The predicted octanol–water partition coefficient (Wildman–Crippen LogP) is 2.15. The standard InChI is InChI=1S/C12H21NO4/c1-11(2,3)16-10(15)17-13-7-6-9(14)12(4,5)8-13/h6-8H2,1-5H3. The van der Waals surface area contributed by atoms with E-state index in [9.17, 15) is 9.59 Å². The Morgan fingerprint density at radius 2 is 1.94 bits per heavy atom. The Balaban J connectivity index is 2.49. The van der Waals surface area contributed by atoms with E-state index < -0.39 is 17.2 Å². The van der Waals surface area contributed by atoms with E-state index in [1.54, 1.807) is 20.8 Å². The summed E-state index contributed by atoms with van der Waals surface area (Å²) in [7, 11) is 0. The van der Waals surface area contributed by atoms with E-state index in [0.29, 0.717) is 19.5 Å². The first-order valence-corrected chi connectivity index (χ1v) is 5.79. The van der Waals surface area contributed by atoms with Crippen LogP contribution in [0.15, 0.2) is 0 Å². The van der Waals surface area contributed by atoms with Gasteiger partial charge in [0, 0.05) is 24.9 Å². The van der Waals surface area contributed by atoms with Crippen molar-refractivity contribution >= 4 is 11.9 Å². The maximum absolute atomic E-state index is 11.6. The third-order valence-electron chi connectivity index (χ3n) is 2.51. The molecule has 0 radical (unpaired) electrons. The van der Waals surface area contributed by atoms with Crippen LogP contribution >= 0.6 is 0 Å². The minimum Gasteiger partial charge on any atom is -0.427 e. The monoisotopic (exact) mass is 243 g/mol. The quantitative estimate of drug-likeness (QED) is 0.660. The first-order chi connectivity index (χ1) is 7.60. The summed E-state index contributed by atoms with van der Waals surface area (Å²) in [5.41, 5.74) is -1.04. The fourth-order valence-corrected chi connectivity index (χ4v) is 1.62. The van der Waals surface area contributed by atoms with Gasteiger partial charge in [-0.3, -0.25) is 4.79 Å². The van der Waals surface area contributed by atoms with Gasteiger partial charge in [0.2, 0.25) is 0 Å². The van der Waals surface area contributed by atoms with Crippen molar-refractivity contribution in [2.45, 2.75) is 46.6 Å². The molecule has 17 heavy (non-hydrogen) atoms. The Labute approximate surface area is 102 Å². The Kier molecular flexibility index (Phi) is 3.81. The number of piperidine rings is 1. The highest BCUT2D eigenvalue weighted by Gasteiger charge is 2.36. The highest BCUT2D eigenvalue weighted by molar-refractivity contribution is 5.85. The van der Waals surface area contributed by atoms with Crippen LogP contribution in [0.5, 0.6) is 0 Å². The molecule has 0 N–H and O–H groups in total. The zero-order chi connectivity index (χ0) is 13.3. The van der Waals surface area contributed by atoms with E-state index in [-0.39, 0.29) is 5.78 Å². The van der Waals surface area contributed by atoms with Gasteiger partial charge in [-0.15, -0.1) is 5.06 Å². The lowest BCUT2D eigenvalue weighted by molar-refractivity contribution is -0.175. The van der Waals surface area contributed by atoms with Crippen molar-refractivity contribution in [1.82, 2.24) is 5.06 Å². The minimum atomic E-state index is -0.720. The molecule has 1 saturated heterocycles. The SMILES string of the molecule is CC(C)(C)OC(=O)ON1CCC(=O)C(C)(C)C1. The second-order valence-corrected chi connectivity index (χ2v) is 5.98. The topological polar surface area (TPSA) is 55.8 Å². The molecule has 0 saturated carbocycles. The number of ether oxygens (including phenoxy) is 1. The van der Waals surface area contributed by atoms with E-state index >= 15 is 0 Å². The zero-order valence-electron chi connectivity index (χ0n) is 11.2. The van der Waals surface area contributed by atoms with Crippen LogP contribution in [0.3, 0.4) is 0 Å². The van der Waals surface area contributed by atoms with Gasteiger partial charge in [0.05, 0.1) is 0 Å². The third-order valence-corrected chi connectivity index (χ3v) is 2.51. The fraction of sp³-hybridized carbons (Fsp3) is 0.833. The van der Waals surface area contributed by atoms with Crippen molar-refractivity contribution in [2.24, 2.45) is 5.41 Å². The normalized spacial score (nSPS) is 21.1. The van der Waals surface area contributed by atoms with Crippen LogP contribution in [0.4, 0.5) is 4.79 Å². The van der Waals surface area contributed by atoms with Crippen LogP contribution in [0.2, 0.25) is 0 Å². The number of Topliss-reactive ketones (excluding diaryl/α,β-unsaturated/α-hetero) is 1. The Morgan fingerprint density at radius 3 is 2.41 bits per heavy atom. The Bertz CT molecular complexity index is 317. The lowest BCUT2D eigenvalue weighted by atomic mass is 9.84. The number of nitrogens with zero attached hydrogens (tertiary/aromatic N) is 1. The van der Waals surface area contributed by atoms with Crippen molar-refractivity contribution in [1.29, 1.82) is 0 Å². The molecule has 98 valence electrons. The molecule has 1 fully saturated rings. The van der Waals surface area contributed by atoms with E-state index in [1.165, 1.54) is 5.06 Å². The van der Waals surface area contributed by atoms with Crippen molar-refractivity contribution in [3.8, 4) is 0 Å². The van der Waals surface area contributed by atoms with Crippen molar-refractivity contribution in [2.75, 3.05) is 13.1 Å². The molecule has 1 rings (SSSR count). The molecule has 0 amide bonds. The highest BCUT2D eigenvalue weighted by Crippen LogP contribution is 2.25. The summed E-state index contributed by atoms with van der Waals surface area (Å²) in [5.74, 6) is 0.196. The maximum atomic E-state index is 11.6. The molecular weight excluding hydrogens is 222 g/mol. The highest BCUT2D eigenvalue weighted by atomic mass is 16.8. The van der Waals surface area contributed by atoms with Crippen LogP contribution in [0.1, 0.15) is 41.0 Å². The second kappa shape index (κ2) is 4.64. The summed E-state index contributed by atoms with van der Waals surface area (Å²) < 4.78 is 5.05. The maximum Gasteiger partial charge on any atom is 0.528 e. The van der Waals surface area contributed by atoms with Crippen LogP contribution in [-0.2, 0) is 14.4 Å². The first kappa shape index (κ1) is 14.0. The molecule has 0 bridgehead atoms. The van der Waals surface area contributed by atoms with Gasteiger partial charge in [-0.1, -0.05) is 13.8 Å². The molecule has 0 aliphatic carbocycles. The Hall–Kier alpha value is -1.10. The van der Waals surface area contributed by atoms with Gasteiger partial charge >= 0.3 is 6.16 Å². The van der Waals surface area contributed by atoms with Gasteiger partial charge < -0.3 is 9.57 Å². The molecule has 0 unspecified atom stereocenters. The van der Waals surface area contributed by atoms with E-state index in [2.05, 4.69) is 0 Å². The predicted molar refractivity (Wildman–Crippen MR) is 62.3 cm³/mol. The molecule has 5 nitrogen and oxygen atoms in total. The van der Waals surface area contributed by atoms with Crippen LogP contribution < -0.4 is 0 Å². The van der Waals surface area contributed by atoms with Crippen LogP contribution in [-0.4, -0.2) is 35.7 Å². The summed E-state index contributed by atoms with van der Waals surface area (Å²) in [6.07, 6.45) is -0.321. The van der Waals surface area contributed by atoms with Crippen LogP contribution in [0.25, 0.3) is 0 Å². The minimum absolute atomic E-state index is 0.196. The summed E-state index contributed by atoms with van der Waals surface area (Å²) in [6.45, 7) is 9.86. The summed E-state index contributed by atoms with van der Waals surface area (Å²) in [5, 5.41) is 1.50. The van der Waals surface area contributed by atoms with E-state index in [1.807, 2.05) is 13.8 Å². The van der Waals surface area contributed by atoms with Gasteiger partial charge in [-0.2, -0.15) is 0 Å². The smallest absolute Gasteiger partial charge is 0.427 e. The number of carbonyl (C=O) groups excluding carboxylic acids is 2. The number of rotatable bonds is 1. The molecular formula is C12H21NO4. The third kappa shape index (κ3) is 4.34. The van der Waals surface area contributed by atoms with Gasteiger partial charge in [-0.25, -0.2) is 4.79 Å². The molecule has 1 aliphatic heterocycles. The number of ketones is 1. The van der Waals surface area contributed by atoms with Gasteiger partial charge in [0.1, 0.15) is 11.4 Å². The fourth-order valence-electron chi connectivity index (χ4n) is 1.62. The van der Waals surface area contributed by atoms with E-state index in [0.717, 1.165) is 0 Å². The molecule has 0 spiro atoms. The lowest BCUT2D eigenvalue weighted by Crippen LogP contribution is -2.47. The lowest BCUT2D eigenvalue weighted by Gasteiger charge is -2.35. The van der Waals surface area contributed by atoms with Gasteiger partial charge in [0.25, 0.3) is 0 Å². The van der Waals surface area contributed by atoms with Gasteiger partial charge in [-0.05, 0) is 20.8 Å². The number of carbonyl (C=O) groups is 2. The average Bonchev–Trinajstić information content (AvgIpc) is 2.07. The average molecular weight is 243 g/mol. The number of hydroxylamine groups is 2. The summed E-state index contributed by atoms with van der Waals surface area (Å²) in [4.78, 5) is 28.1. The largest absolute Gasteiger partial charge is 0.528 e. The molecule has 0 aromatic rings. The second-order valence-electron chi connectivity index (χ2n) is 5.98. The molecule has 5 heteroatoms. The molecule has 0 aromatic heterocycles. The van der Waals surface area contributed by atoms with Crippen molar-refractivity contribution in [3.63, 3.8) is 0 Å². The zero-order valence-corrected chi connectivity index (χ0v) is 11.2. The Morgan fingerprint density at radius 1 is 1.35 bits per heavy atom. The molecule has 1 aliphatic rings. The van der Waals surface area contributed by atoms with Crippen molar-refractivity contribution in [3.05, 3.63) is 0 Å². The molecule has 0 aromatic carbocycles. The summed E-state index contributed by atoms with van der Waals surface area (Å²) in [6, 6.07) is 0. The first-order valence-electron chi connectivity index (χ1n) is 5.79. The molecule has 1 heterocycles. The van der Waals surface area contributed by atoms with Crippen molar-refractivity contribution < 1.29 is 19.2 Å². The van der Waals surface area contributed by atoms with Gasteiger partial charge in [0.15, 0.2) is 0 Å². The number of hydrogen-bond donors (Lipinski definition) is 0. The van der Waals surface area contributed by atoms with E-state index in [4.69, 9.17) is 9.57 Å². The molecule has 0 atom stereocenters. The summed E-state index contributed by atoms with van der Waals surface area (Å²) >= 11 is 0. The van der Waals surface area contributed by atoms with Crippen LogP contribution in [0, 0.1) is 5.41 Å².